The van der Waals surface area contributed by atoms with Crippen molar-refractivity contribution in [2.75, 3.05) is 14.1 Å². The number of amides is 1. The average Bonchev–Trinajstić information content (AvgIpc) is 2.45. The zero-order valence-electron chi connectivity index (χ0n) is 8.54. The summed E-state index contributed by atoms with van der Waals surface area (Å²) in [5.74, 6) is -0.0949. The fourth-order valence-corrected chi connectivity index (χ4v) is 1.65. The van der Waals surface area contributed by atoms with Crippen LogP contribution in [-0.4, -0.2) is 29.6 Å². The van der Waals surface area contributed by atoms with E-state index in [0.29, 0.717) is 5.69 Å². The van der Waals surface area contributed by atoms with Crippen molar-refractivity contribution in [3.05, 3.63) is 22.4 Å². The molecule has 1 rings (SSSR count). The number of carbonyl (C=O) groups excluding carboxylic acids is 1. The first-order valence-corrected chi connectivity index (χ1v) is 5.18. The number of halogens is 1. The van der Waals surface area contributed by atoms with E-state index in [1.807, 2.05) is 23.8 Å². The normalized spacial score (nSPS) is 10.6. The Morgan fingerprint density at radius 1 is 1.64 bits per heavy atom. The Bertz CT molecular complexity index is 333. The fraction of sp³-hybridized carbons (Fsp3) is 0.444. The van der Waals surface area contributed by atoms with Gasteiger partial charge in [0.15, 0.2) is 0 Å². The predicted octanol–water partition coefficient (Wildman–Crippen LogP) is 1.48. The van der Waals surface area contributed by atoms with Crippen LogP contribution in [0.15, 0.2) is 16.7 Å². The first kappa shape index (κ1) is 11.3. The molecular weight excluding hydrogens is 246 g/mol. The molecule has 0 spiro atoms. The van der Waals surface area contributed by atoms with E-state index >= 15 is 0 Å². The lowest BCUT2D eigenvalue weighted by atomic mass is 10.4. The second-order valence-corrected chi connectivity index (χ2v) is 4.08. The minimum Gasteiger partial charge on any atom is -0.343 e. The van der Waals surface area contributed by atoms with Gasteiger partial charge in [-0.05, 0) is 28.9 Å². The molecule has 1 heterocycles. The highest BCUT2D eigenvalue weighted by atomic mass is 79.9. The summed E-state index contributed by atoms with van der Waals surface area (Å²) in [6, 6.07) is 1.81. The smallest absolute Gasteiger partial charge is 0.282 e. The Morgan fingerprint density at radius 2 is 2.29 bits per heavy atom. The first-order chi connectivity index (χ1) is 6.54. The summed E-state index contributed by atoms with van der Waals surface area (Å²) in [4.78, 5) is 11.7. The summed E-state index contributed by atoms with van der Waals surface area (Å²) in [5.41, 5.74) is 3.36. The molecule has 0 aliphatic rings. The van der Waals surface area contributed by atoms with Gasteiger partial charge in [0.2, 0.25) is 0 Å². The molecular formula is C9H14BrN3O. The lowest BCUT2D eigenvalue weighted by molar-refractivity contribution is 0.0847. The number of nitrogens with one attached hydrogen (secondary N) is 1. The summed E-state index contributed by atoms with van der Waals surface area (Å²) >= 11 is 3.34. The van der Waals surface area contributed by atoms with Gasteiger partial charge in [0.1, 0.15) is 5.69 Å². The molecule has 1 N–H and O–H groups in total. The van der Waals surface area contributed by atoms with Crippen molar-refractivity contribution < 1.29 is 4.79 Å². The monoisotopic (exact) mass is 259 g/mol. The molecule has 1 aromatic rings. The van der Waals surface area contributed by atoms with Crippen LogP contribution >= 0.6 is 15.9 Å². The van der Waals surface area contributed by atoms with Gasteiger partial charge in [-0.2, -0.15) is 0 Å². The van der Waals surface area contributed by atoms with Gasteiger partial charge >= 0.3 is 0 Å². The molecule has 1 amide bonds. The highest BCUT2D eigenvalue weighted by molar-refractivity contribution is 9.10. The van der Waals surface area contributed by atoms with Gasteiger partial charge in [-0.15, -0.1) is 0 Å². The maximum atomic E-state index is 11.7. The fourth-order valence-electron chi connectivity index (χ4n) is 1.19. The van der Waals surface area contributed by atoms with Crippen LogP contribution in [-0.2, 0) is 6.54 Å². The van der Waals surface area contributed by atoms with Crippen LogP contribution in [0.5, 0.6) is 0 Å². The number of hydrogen-bond donors (Lipinski definition) is 1. The third kappa shape index (κ3) is 2.59. The van der Waals surface area contributed by atoms with Crippen molar-refractivity contribution in [3.8, 4) is 0 Å². The van der Waals surface area contributed by atoms with E-state index in [-0.39, 0.29) is 5.91 Å². The largest absolute Gasteiger partial charge is 0.343 e. The van der Waals surface area contributed by atoms with E-state index in [2.05, 4.69) is 21.4 Å². The van der Waals surface area contributed by atoms with E-state index < -0.39 is 0 Å². The van der Waals surface area contributed by atoms with Gasteiger partial charge < -0.3 is 4.57 Å². The van der Waals surface area contributed by atoms with Crippen molar-refractivity contribution in [1.29, 1.82) is 0 Å². The van der Waals surface area contributed by atoms with Crippen molar-refractivity contribution in [2.45, 2.75) is 13.5 Å². The molecule has 0 aromatic carbocycles. The van der Waals surface area contributed by atoms with E-state index in [1.54, 1.807) is 19.1 Å². The van der Waals surface area contributed by atoms with Crippen LogP contribution in [0.4, 0.5) is 0 Å². The molecule has 0 bridgehead atoms. The van der Waals surface area contributed by atoms with Crippen molar-refractivity contribution in [3.63, 3.8) is 0 Å². The minimum absolute atomic E-state index is 0.0949. The maximum absolute atomic E-state index is 11.7. The van der Waals surface area contributed by atoms with E-state index in [9.17, 15) is 4.79 Å². The number of aryl methyl sites for hydroxylation is 1. The van der Waals surface area contributed by atoms with Crippen LogP contribution in [0.1, 0.15) is 17.4 Å². The summed E-state index contributed by atoms with van der Waals surface area (Å²) in [5, 5.41) is 1.63. The number of rotatable bonds is 3. The van der Waals surface area contributed by atoms with Crippen molar-refractivity contribution in [2.24, 2.45) is 0 Å². The lowest BCUT2D eigenvalue weighted by Gasteiger charge is -2.12. The van der Waals surface area contributed by atoms with E-state index in [1.165, 1.54) is 0 Å². The molecule has 0 aliphatic heterocycles. The summed E-state index contributed by atoms with van der Waals surface area (Å²) in [7, 11) is 3.57. The zero-order valence-corrected chi connectivity index (χ0v) is 10.1. The Labute approximate surface area is 92.0 Å². The van der Waals surface area contributed by atoms with Crippen LogP contribution in [0.2, 0.25) is 0 Å². The summed E-state index contributed by atoms with van der Waals surface area (Å²) in [6.45, 7) is 2.78. The molecule has 0 unspecified atom stereocenters. The topological polar surface area (TPSA) is 37.3 Å². The highest BCUT2D eigenvalue weighted by Gasteiger charge is 2.12. The molecule has 0 saturated heterocycles. The molecule has 0 fully saturated rings. The van der Waals surface area contributed by atoms with E-state index in [0.717, 1.165) is 11.0 Å². The molecule has 14 heavy (non-hydrogen) atoms. The number of aromatic nitrogens is 1. The van der Waals surface area contributed by atoms with Gasteiger partial charge in [-0.25, -0.2) is 5.01 Å². The standard InChI is InChI=1S/C9H14BrN3O/c1-4-13-6-7(10)5-8(13)9(14)11-12(2)3/h5-6H,4H2,1-3H3,(H,11,14). The van der Waals surface area contributed by atoms with Crippen molar-refractivity contribution in [1.82, 2.24) is 15.0 Å². The molecule has 0 radical (unpaired) electrons. The molecule has 1 aromatic heterocycles. The maximum Gasteiger partial charge on any atom is 0.282 e. The van der Waals surface area contributed by atoms with Crippen LogP contribution < -0.4 is 5.43 Å². The second-order valence-electron chi connectivity index (χ2n) is 3.16. The number of carbonyl (C=O) groups is 1. The second kappa shape index (κ2) is 4.61. The number of nitrogens with zero attached hydrogens (tertiary/aromatic N) is 2. The Kier molecular flexibility index (Phi) is 3.71. The van der Waals surface area contributed by atoms with Gasteiger partial charge in [0.05, 0.1) is 0 Å². The molecule has 0 saturated carbocycles. The average molecular weight is 260 g/mol. The molecule has 4 nitrogen and oxygen atoms in total. The third-order valence-corrected chi connectivity index (χ3v) is 2.20. The Morgan fingerprint density at radius 3 is 2.79 bits per heavy atom. The van der Waals surface area contributed by atoms with E-state index in [4.69, 9.17) is 0 Å². The molecule has 0 atom stereocenters. The third-order valence-electron chi connectivity index (χ3n) is 1.76. The Balaban J connectivity index is 2.88. The predicted molar refractivity (Wildman–Crippen MR) is 59.0 cm³/mol. The molecule has 0 aliphatic carbocycles. The molecule has 5 heteroatoms. The Hall–Kier alpha value is -0.810. The quantitative estimate of drug-likeness (QED) is 0.836. The van der Waals surface area contributed by atoms with Gasteiger partial charge in [0, 0.05) is 31.3 Å². The SMILES string of the molecule is CCn1cc(Br)cc1C(=O)NN(C)C. The highest BCUT2D eigenvalue weighted by Crippen LogP contribution is 2.14. The van der Waals surface area contributed by atoms with Gasteiger partial charge in [0.25, 0.3) is 5.91 Å². The van der Waals surface area contributed by atoms with Crippen molar-refractivity contribution >= 4 is 21.8 Å². The van der Waals surface area contributed by atoms with Crippen LogP contribution in [0.3, 0.4) is 0 Å². The van der Waals surface area contributed by atoms with Gasteiger partial charge in [-0.3, -0.25) is 10.2 Å². The van der Waals surface area contributed by atoms with Crippen LogP contribution in [0, 0.1) is 0 Å². The summed E-state index contributed by atoms with van der Waals surface area (Å²) in [6.07, 6.45) is 1.89. The number of hydrazine groups is 1. The first-order valence-electron chi connectivity index (χ1n) is 4.38. The number of hydrogen-bond acceptors (Lipinski definition) is 2. The lowest BCUT2D eigenvalue weighted by Crippen LogP contribution is -2.37. The zero-order chi connectivity index (χ0) is 10.7. The molecule has 78 valence electrons. The van der Waals surface area contributed by atoms with Crippen LogP contribution in [0.25, 0.3) is 0 Å². The van der Waals surface area contributed by atoms with Gasteiger partial charge in [-0.1, -0.05) is 0 Å². The summed E-state index contributed by atoms with van der Waals surface area (Å²) < 4.78 is 2.81. The minimum atomic E-state index is -0.0949.